The lowest BCUT2D eigenvalue weighted by molar-refractivity contribution is -0.139. The molecule has 3 aliphatic rings. The fourth-order valence-electron chi connectivity index (χ4n) is 4.53. The topological polar surface area (TPSA) is 169 Å². The Labute approximate surface area is 229 Å². The molecule has 4 rings (SSSR count). The predicted molar refractivity (Wildman–Crippen MR) is 140 cm³/mol. The van der Waals surface area contributed by atoms with Crippen molar-refractivity contribution in [3.05, 3.63) is 46.6 Å². The van der Waals surface area contributed by atoms with E-state index in [2.05, 4.69) is 16.4 Å². The number of esters is 1. The summed E-state index contributed by atoms with van der Waals surface area (Å²) in [5, 5.41) is 13.4. The lowest BCUT2D eigenvalue weighted by Gasteiger charge is -2.36. The number of nitrogens with zero attached hydrogens (tertiary/aromatic N) is 4. The van der Waals surface area contributed by atoms with Crippen LogP contribution in [0.25, 0.3) is 0 Å². The van der Waals surface area contributed by atoms with Crippen LogP contribution in [0.5, 0.6) is 11.5 Å². The molecule has 0 aromatic heterocycles. The number of rotatable bonds is 7. The van der Waals surface area contributed by atoms with E-state index in [0.29, 0.717) is 22.2 Å². The average molecular weight is 557 g/mol. The summed E-state index contributed by atoms with van der Waals surface area (Å²) in [7, 11) is 5.95. The summed E-state index contributed by atoms with van der Waals surface area (Å²) in [6, 6.07) is 5.89. The second-order valence-electron chi connectivity index (χ2n) is 8.65. The van der Waals surface area contributed by atoms with Crippen molar-refractivity contribution in [2.75, 3.05) is 40.7 Å². The zero-order valence-electron chi connectivity index (χ0n) is 22.0. The number of carbonyl (C=O) groups excluding carboxylic acids is 3. The molecule has 3 atom stereocenters. The normalized spacial score (nSPS) is 22.6. The minimum atomic E-state index is -0.904. The number of hydrogen-bond acceptors (Lipinski definition) is 12. The van der Waals surface area contributed by atoms with Crippen LogP contribution in [0.15, 0.2) is 46.0 Å². The number of carbonyl (C=O) groups is 3. The Balaban J connectivity index is 1.71. The summed E-state index contributed by atoms with van der Waals surface area (Å²) in [5.74, 6) is -1.04. The molecule has 0 aliphatic carbocycles. The van der Waals surface area contributed by atoms with Crippen molar-refractivity contribution in [3.63, 3.8) is 0 Å². The molecule has 0 saturated carbocycles. The van der Waals surface area contributed by atoms with E-state index in [1.54, 1.807) is 32.2 Å². The molecular formula is C25H28N6O7S. The Morgan fingerprint density at radius 3 is 2.62 bits per heavy atom. The SMILES string of the molecule is CCOC(=O)C1=C(CSC2=N[C@@H]3[C@@H](N2)C(=O)N(C)C(=O)N3C)OC(N)=C(C#N)[C@H]1c1ccc(OC)c(OC)c1. The first kappa shape index (κ1) is 27.6. The van der Waals surface area contributed by atoms with Crippen LogP contribution in [0.3, 0.4) is 0 Å². The van der Waals surface area contributed by atoms with Crippen LogP contribution >= 0.6 is 11.8 Å². The number of nitrogens with one attached hydrogen (secondary N) is 1. The molecule has 1 aromatic rings. The number of likely N-dealkylation sites (N-methyl/N-ethyl adjacent to an activating group) is 2. The van der Waals surface area contributed by atoms with Crippen LogP contribution in [0, 0.1) is 11.3 Å². The first-order valence-electron chi connectivity index (χ1n) is 11.9. The zero-order valence-corrected chi connectivity index (χ0v) is 22.8. The Bertz CT molecular complexity index is 1350. The van der Waals surface area contributed by atoms with Gasteiger partial charge in [-0.1, -0.05) is 17.8 Å². The molecule has 1 saturated heterocycles. The third-order valence-corrected chi connectivity index (χ3v) is 7.39. The number of ether oxygens (including phenoxy) is 4. The summed E-state index contributed by atoms with van der Waals surface area (Å²) in [5.41, 5.74) is 6.83. The zero-order chi connectivity index (χ0) is 28.4. The van der Waals surface area contributed by atoms with Crippen LogP contribution in [0.1, 0.15) is 18.4 Å². The fraction of sp³-hybridized carbons (Fsp3) is 0.400. The second-order valence-corrected chi connectivity index (χ2v) is 9.61. The van der Waals surface area contributed by atoms with Gasteiger partial charge < -0.3 is 34.9 Å². The number of nitriles is 1. The standard InChI is InChI=1S/C25H28N6O7S/c1-6-37-23(33)18-16(11-39-24-28-19-21(29-24)30(2)25(34)31(3)22(19)32)38-20(27)13(10-26)17(18)12-7-8-14(35-4)15(9-12)36-5/h7-9,17,19,21H,6,11,27H2,1-5H3,(H,28,29)/t17-,19-,21+/m1/s1. The van der Waals surface area contributed by atoms with E-state index >= 15 is 0 Å². The summed E-state index contributed by atoms with van der Waals surface area (Å²) in [6.45, 7) is 1.76. The Morgan fingerprint density at radius 1 is 1.26 bits per heavy atom. The van der Waals surface area contributed by atoms with Crippen LogP contribution in [-0.4, -0.2) is 85.8 Å². The van der Waals surface area contributed by atoms with Crippen molar-refractivity contribution in [2.45, 2.75) is 25.0 Å². The van der Waals surface area contributed by atoms with E-state index in [4.69, 9.17) is 24.7 Å². The van der Waals surface area contributed by atoms with Gasteiger partial charge in [-0.25, -0.2) is 14.6 Å². The van der Waals surface area contributed by atoms with Gasteiger partial charge in [0.1, 0.15) is 23.4 Å². The van der Waals surface area contributed by atoms with Crippen LogP contribution < -0.4 is 20.5 Å². The number of benzene rings is 1. The minimum absolute atomic E-state index is 0.0372. The monoisotopic (exact) mass is 556 g/mol. The molecule has 1 fully saturated rings. The van der Waals surface area contributed by atoms with Crippen molar-refractivity contribution in [1.29, 1.82) is 5.26 Å². The molecule has 0 radical (unpaired) electrons. The molecule has 3 amide bonds. The van der Waals surface area contributed by atoms with Gasteiger partial charge in [-0.3, -0.25) is 9.69 Å². The van der Waals surface area contributed by atoms with Gasteiger partial charge in [0.05, 0.1) is 38.1 Å². The molecule has 3 heterocycles. The number of thioether (sulfide) groups is 1. The number of methoxy groups -OCH3 is 2. The van der Waals surface area contributed by atoms with E-state index in [1.165, 1.54) is 26.2 Å². The highest BCUT2D eigenvalue weighted by atomic mass is 32.2. The molecule has 3 aliphatic heterocycles. The van der Waals surface area contributed by atoms with Crippen molar-refractivity contribution in [2.24, 2.45) is 10.7 Å². The number of imide groups is 1. The number of allylic oxidation sites excluding steroid dienone is 1. The van der Waals surface area contributed by atoms with Crippen molar-refractivity contribution >= 4 is 34.8 Å². The maximum Gasteiger partial charge on any atom is 0.338 e. The molecule has 3 N–H and O–H groups in total. The average Bonchev–Trinajstić information content (AvgIpc) is 3.37. The number of nitrogens with two attached hydrogens (primary N) is 1. The van der Waals surface area contributed by atoms with Gasteiger partial charge in [0, 0.05) is 14.1 Å². The number of amidine groups is 1. The molecule has 14 heteroatoms. The summed E-state index contributed by atoms with van der Waals surface area (Å²) < 4.78 is 21.9. The Hall–Kier alpha value is -4.38. The maximum atomic E-state index is 13.3. The van der Waals surface area contributed by atoms with Crippen LogP contribution in [-0.2, 0) is 19.1 Å². The highest BCUT2D eigenvalue weighted by molar-refractivity contribution is 8.14. The molecule has 206 valence electrons. The van der Waals surface area contributed by atoms with Gasteiger partial charge >= 0.3 is 12.0 Å². The highest BCUT2D eigenvalue weighted by Crippen LogP contribution is 2.43. The molecule has 39 heavy (non-hydrogen) atoms. The summed E-state index contributed by atoms with van der Waals surface area (Å²) >= 11 is 1.16. The van der Waals surface area contributed by atoms with Gasteiger partial charge in [-0.15, -0.1) is 0 Å². The van der Waals surface area contributed by atoms with E-state index in [1.807, 2.05) is 0 Å². The van der Waals surface area contributed by atoms with Crippen LogP contribution in [0.2, 0.25) is 0 Å². The van der Waals surface area contributed by atoms with E-state index in [-0.39, 0.29) is 35.1 Å². The first-order chi connectivity index (χ1) is 18.7. The minimum Gasteiger partial charge on any atom is -0.493 e. The third kappa shape index (κ3) is 4.92. The van der Waals surface area contributed by atoms with E-state index < -0.39 is 36.0 Å². The first-order valence-corrected chi connectivity index (χ1v) is 12.9. The number of fused-ring (bicyclic) bond motifs is 1. The van der Waals surface area contributed by atoms with Crippen molar-refractivity contribution in [1.82, 2.24) is 15.1 Å². The van der Waals surface area contributed by atoms with Gasteiger partial charge in [-0.2, -0.15) is 5.26 Å². The lowest BCUT2D eigenvalue weighted by Crippen LogP contribution is -2.63. The molecule has 1 aromatic carbocycles. The maximum absolute atomic E-state index is 13.3. The number of urea groups is 1. The summed E-state index contributed by atoms with van der Waals surface area (Å²) in [4.78, 5) is 45.1. The molecule has 0 bridgehead atoms. The number of aliphatic imine (C=N–C) groups is 1. The molecule has 0 unspecified atom stereocenters. The fourth-order valence-corrected chi connectivity index (χ4v) is 5.40. The van der Waals surface area contributed by atoms with Gasteiger partial charge in [0.25, 0.3) is 5.91 Å². The molecule has 0 spiro atoms. The smallest absolute Gasteiger partial charge is 0.338 e. The predicted octanol–water partition coefficient (Wildman–Crippen LogP) is 1.24. The molecular weight excluding hydrogens is 528 g/mol. The van der Waals surface area contributed by atoms with Crippen LogP contribution in [0.4, 0.5) is 4.79 Å². The van der Waals surface area contributed by atoms with Gasteiger partial charge in [-0.05, 0) is 24.6 Å². The van der Waals surface area contributed by atoms with E-state index in [0.717, 1.165) is 16.7 Å². The second kappa shape index (κ2) is 11.2. The lowest BCUT2D eigenvalue weighted by atomic mass is 9.83. The Kier molecular flexibility index (Phi) is 7.91. The van der Waals surface area contributed by atoms with Gasteiger partial charge in [0.2, 0.25) is 5.88 Å². The number of hydrogen-bond donors (Lipinski definition) is 2. The number of amides is 3. The van der Waals surface area contributed by atoms with Crippen molar-refractivity contribution in [3.8, 4) is 17.6 Å². The van der Waals surface area contributed by atoms with Gasteiger partial charge in [0.15, 0.2) is 22.8 Å². The molecule has 13 nitrogen and oxygen atoms in total. The summed E-state index contributed by atoms with van der Waals surface area (Å²) in [6.07, 6.45) is -0.704. The quantitative estimate of drug-likeness (QED) is 0.463. The van der Waals surface area contributed by atoms with Crippen molar-refractivity contribution < 1.29 is 33.3 Å². The highest BCUT2D eigenvalue weighted by Gasteiger charge is 2.47. The third-order valence-electron chi connectivity index (χ3n) is 6.48. The Morgan fingerprint density at radius 2 is 1.97 bits per heavy atom. The largest absolute Gasteiger partial charge is 0.493 e. The van der Waals surface area contributed by atoms with E-state index in [9.17, 15) is 19.6 Å².